The van der Waals surface area contributed by atoms with E-state index in [-0.39, 0.29) is 17.6 Å². The number of primary amides is 1. The molecule has 5 N–H and O–H groups in total. The van der Waals surface area contributed by atoms with Crippen LogP contribution in [0.1, 0.15) is 62.0 Å². The molecule has 1 heterocycles. The van der Waals surface area contributed by atoms with Gasteiger partial charge in [0.25, 0.3) is 0 Å². The van der Waals surface area contributed by atoms with Crippen molar-refractivity contribution in [3.8, 4) is 5.75 Å². The lowest BCUT2D eigenvalue weighted by molar-refractivity contribution is -0.137. The molecule has 9 nitrogen and oxygen atoms in total. The number of carboxylic acids is 1. The molecule has 1 aromatic heterocycles. The Morgan fingerprint density at radius 2 is 1.82 bits per heavy atom. The van der Waals surface area contributed by atoms with Crippen LogP contribution in [0.3, 0.4) is 0 Å². The van der Waals surface area contributed by atoms with Crippen LogP contribution in [0.2, 0.25) is 0 Å². The lowest BCUT2D eigenvalue weighted by Crippen LogP contribution is -2.56. The summed E-state index contributed by atoms with van der Waals surface area (Å²) >= 11 is 0. The van der Waals surface area contributed by atoms with E-state index in [9.17, 15) is 19.5 Å². The van der Waals surface area contributed by atoms with Crippen LogP contribution >= 0.6 is 0 Å². The number of carbonyl (C=O) groups is 3. The molecule has 0 aliphatic heterocycles. The Bertz CT molecular complexity index is 1380. The molecule has 3 aromatic rings. The molecular formula is C31H40N4O5. The number of para-hydroxylation sites is 1. The highest BCUT2D eigenvalue weighted by atomic mass is 16.5. The molecule has 0 radical (unpaired) electrons. The van der Waals surface area contributed by atoms with Crippen molar-refractivity contribution in [2.45, 2.75) is 57.4 Å². The van der Waals surface area contributed by atoms with Gasteiger partial charge in [0.2, 0.25) is 11.8 Å². The maximum Gasteiger partial charge on any atom is 0.352 e. The van der Waals surface area contributed by atoms with Gasteiger partial charge in [0.1, 0.15) is 11.4 Å². The first-order valence-corrected chi connectivity index (χ1v) is 13.9. The fraction of sp³-hybridized carbons (Fsp3) is 0.452. The van der Waals surface area contributed by atoms with E-state index < -0.39 is 23.2 Å². The molecule has 1 saturated carbocycles. The molecule has 1 aliphatic carbocycles. The Labute approximate surface area is 235 Å². The number of amides is 2. The molecule has 2 amide bonds. The molecule has 40 heavy (non-hydrogen) atoms. The summed E-state index contributed by atoms with van der Waals surface area (Å²) in [6.45, 7) is 4.67. The number of carbonyl (C=O) groups excluding carboxylic acids is 2. The first-order valence-electron chi connectivity index (χ1n) is 13.9. The highest BCUT2D eigenvalue weighted by Gasteiger charge is 2.54. The van der Waals surface area contributed by atoms with Gasteiger partial charge in [-0.25, -0.2) is 4.79 Å². The fourth-order valence-corrected chi connectivity index (χ4v) is 6.35. The Morgan fingerprint density at radius 3 is 2.45 bits per heavy atom. The average Bonchev–Trinajstić information content (AvgIpc) is 3.24. The standard InChI is InChI=1S/C31H40N4O5/c1-19(2)17-21(18-33-20-12-14-22(40-4)15-13-20)34-28(36)24-10-7-8-16-31(24,30(32)39)26-23-9-5-6-11-25(23)35(3)27(26)29(37)38/h5-6,9,11-15,19,21,24,33H,7-8,10,16-18H2,1-4H3,(H2,32,39)(H,34,36)(H,37,38)/t21?,24-,31-/m0/s1. The van der Waals surface area contributed by atoms with Crippen molar-refractivity contribution in [3.05, 3.63) is 59.8 Å². The lowest BCUT2D eigenvalue weighted by Gasteiger charge is -2.42. The third kappa shape index (κ3) is 5.50. The number of nitrogens with zero attached hydrogens (tertiary/aromatic N) is 1. The Hall–Kier alpha value is -4.01. The second-order valence-corrected chi connectivity index (χ2v) is 11.2. The summed E-state index contributed by atoms with van der Waals surface area (Å²) in [6, 6.07) is 14.6. The molecule has 1 fully saturated rings. The fourth-order valence-electron chi connectivity index (χ4n) is 6.35. The maximum atomic E-state index is 14.1. The number of methoxy groups -OCH3 is 1. The molecule has 1 unspecified atom stereocenters. The summed E-state index contributed by atoms with van der Waals surface area (Å²) in [5, 5.41) is 17.5. The Kier molecular flexibility index (Phi) is 8.71. The zero-order valence-corrected chi connectivity index (χ0v) is 23.7. The van der Waals surface area contributed by atoms with E-state index in [1.807, 2.05) is 48.5 Å². The van der Waals surface area contributed by atoms with Crippen LogP contribution in [0.4, 0.5) is 5.69 Å². The Balaban J connectivity index is 1.70. The van der Waals surface area contributed by atoms with Gasteiger partial charge in [-0.3, -0.25) is 9.59 Å². The van der Waals surface area contributed by atoms with Gasteiger partial charge in [-0.15, -0.1) is 0 Å². The van der Waals surface area contributed by atoms with E-state index in [0.29, 0.717) is 48.2 Å². The number of aromatic carboxylic acids is 1. The number of rotatable bonds is 11. The molecule has 1 aliphatic rings. The van der Waals surface area contributed by atoms with Gasteiger partial charge < -0.3 is 30.8 Å². The SMILES string of the molecule is COc1ccc(NCC(CC(C)C)NC(=O)[C@@H]2CCCC[C@@]2(C(N)=O)c2c(C(=O)O)n(C)c3ccccc23)cc1. The van der Waals surface area contributed by atoms with Gasteiger partial charge in [-0.1, -0.05) is 44.9 Å². The number of benzene rings is 2. The molecular weight excluding hydrogens is 508 g/mol. The zero-order valence-electron chi connectivity index (χ0n) is 23.7. The quantitative estimate of drug-likeness (QED) is 0.280. The molecule has 0 spiro atoms. The number of aromatic nitrogens is 1. The smallest absolute Gasteiger partial charge is 0.352 e. The number of ether oxygens (including phenoxy) is 1. The van der Waals surface area contributed by atoms with Gasteiger partial charge in [0, 0.05) is 41.8 Å². The minimum atomic E-state index is -1.44. The second-order valence-electron chi connectivity index (χ2n) is 11.2. The lowest BCUT2D eigenvalue weighted by atomic mass is 9.60. The van der Waals surface area contributed by atoms with Crippen LogP contribution in [-0.2, 0) is 22.1 Å². The van der Waals surface area contributed by atoms with E-state index >= 15 is 0 Å². The zero-order chi connectivity index (χ0) is 29.0. The molecule has 0 bridgehead atoms. The minimum Gasteiger partial charge on any atom is -0.497 e. The van der Waals surface area contributed by atoms with Crippen LogP contribution in [0.25, 0.3) is 10.9 Å². The van der Waals surface area contributed by atoms with Crippen molar-refractivity contribution in [1.82, 2.24) is 9.88 Å². The van der Waals surface area contributed by atoms with Gasteiger partial charge in [0.05, 0.1) is 18.4 Å². The number of nitrogens with two attached hydrogens (primary N) is 1. The maximum absolute atomic E-state index is 14.1. The highest BCUT2D eigenvalue weighted by molar-refractivity contribution is 6.06. The Morgan fingerprint density at radius 1 is 1.12 bits per heavy atom. The third-order valence-electron chi connectivity index (χ3n) is 8.17. The number of aryl methyl sites for hydroxylation is 1. The molecule has 9 heteroatoms. The predicted octanol–water partition coefficient (Wildman–Crippen LogP) is 4.44. The predicted molar refractivity (Wildman–Crippen MR) is 156 cm³/mol. The van der Waals surface area contributed by atoms with Crippen LogP contribution in [0.5, 0.6) is 5.75 Å². The topological polar surface area (TPSA) is 136 Å². The van der Waals surface area contributed by atoms with Crippen molar-refractivity contribution in [1.29, 1.82) is 0 Å². The summed E-state index contributed by atoms with van der Waals surface area (Å²) in [4.78, 5) is 40.1. The summed E-state index contributed by atoms with van der Waals surface area (Å²) in [5.74, 6) is -1.81. The summed E-state index contributed by atoms with van der Waals surface area (Å²) in [5.41, 5.74) is 6.65. The molecule has 2 aromatic carbocycles. The molecule has 214 valence electrons. The van der Waals surface area contributed by atoms with Gasteiger partial charge >= 0.3 is 5.97 Å². The highest BCUT2D eigenvalue weighted by Crippen LogP contribution is 2.48. The van der Waals surface area contributed by atoms with Crippen LogP contribution in [0.15, 0.2) is 48.5 Å². The van der Waals surface area contributed by atoms with Crippen molar-refractivity contribution in [3.63, 3.8) is 0 Å². The van der Waals surface area contributed by atoms with Gasteiger partial charge in [0.15, 0.2) is 0 Å². The van der Waals surface area contributed by atoms with Crippen LogP contribution in [-0.4, -0.2) is 47.2 Å². The van der Waals surface area contributed by atoms with Crippen molar-refractivity contribution in [2.75, 3.05) is 19.0 Å². The number of hydrogen-bond acceptors (Lipinski definition) is 5. The van der Waals surface area contributed by atoms with Crippen molar-refractivity contribution in [2.24, 2.45) is 24.6 Å². The normalized spacial score (nSPS) is 19.8. The van der Waals surface area contributed by atoms with E-state index in [2.05, 4.69) is 24.5 Å². The van der Waals surface area contributed by atoms with Crippen LogP contribution < -0.4 is 21.1 Å². The molecule has 0 saturated heterocycles. The summed E-state index contributed by atoms with van der Waals surface area (Å²) in [7, 11) is 3.29. The summed E-state index contributed by atoms with van der Waals surface area (Å²) < 4.78 is 6.82. The van der Waals surface area contributed by atoms with E-state index in [0.717, 1.165) is 24.3 Å². The van der Waals surface area contributed by atoms with Crippen LogP contribution in [0, 0.1) is 11.8 Å². The average molecular weight is 549 g/mol. The number of anilines is 1. The number of nitrogens with one attached hydrogen (secondary N) is 2. The largest absolute Gasteiger partial charge is 0.497 e. The number of hydrogen-bond donors (Lipinski definition) is 4. The van der Waals surface area contributed by atoms with E-state index in [1.165, 1.54) is 0 Å². The number of carboxylic acid groups (broad SMARTS) is 1. The van der Waals surface area contributed by atoms with Gasteiger partial charge in [-0.2, -0.15) is 0 Å². The first-order chi connectivity index (χ1) is 19.1. The minimum absolute atomic E-state index is 0.000368. The monoisotopic (exact) mass is 548 g/mol. The van der Waals surface area contributed by atoms with E-state index in [4.69, 9.17) is 10.5 Å². The molecule has 3 atom stereocenters. The number of fused-ring (bicyclic) bond motifs is 1. The van der Waals surface area contributed by atoms with Crippen molar-refractivity contribution >= 4 is 34.4 Å². The molecule has 4 rings (SSSR count). The van der Waals surface area contributed by atoms with Crippen molar-refractivity contribution < 1.29 is 24.2 Å². The van der Waals surface area contributed by atoms with Gasteiger partial charge in [-0.05, 0) is 55.5 Å². The third-order valence-corrected chi connectivity index (χ3v) is 8.17. The van der Waals surface area contributed by atoms with E-state index in [1.54, 1.807) is 18.7 Å². The summed E-state index contributed by atoms with van der Waals surface area (Å²) in [6.07, 6.45) is 2.90. The second kappa shape index (κ2) is 12.0. The first kappa shape index (κ1) is 29.0.